The molecule has 4 heteroatoms. The highest BCUT2D eigenvalue weighted by Crippen LogP contribution is 2.28. The van der Waals surface area contributed by atoms with Gasteiger partial charge in [-0.05, 0) is 36.8 Å². The van der Waals surface area contributed by atoms with Crippen LogP contribution >= 0.6 is 0 Å². The maximum absolute atomic E-state index is 13.7. The Bertz CT molecular complexity index is 553. The van der Waals surface area contributed by atoms with Gasteiger partial charge in [0.2, 0.25) is 0 Å². The Morgan fingerprint density at radius 3 is 2.28 bits per heavy atom. The number of hydrogen-bond donors (Lipinski definition) is 1. The lowest BCUT2D eigenvalue weighted by Gasteiger charge is -2.10. The van der Waals surface area contributed by atoms with E-state index in [0.717, 1.165) is 0 Å². The van der Waals surface area contributed by atoms with Crippen LogP contribution in [0.3, 0.4) is 0 Å². The molecule has 2 nitrogen and oxygen atoms in total. The zero-order valence-electron chi connectivity index (χ0n) is 9.73. The lowest BCUT2D eigenvalue weighted by atomic mass is 10.1. The Balaban J connectivity index is 2.28. The second kappa shape index (κ2) is 5.14. The van der Waals surface area contributed by atoms with Gasteiger partial charge in [0, 0.05) is 0 Å². The Morgan fingerprint density at radius 1 is 1.00 bits per heavy atom. The number of ether oxygens (including phenoxy) is 1. The second-order valence-corrected chi connectivity index (χ2v) is 3.90. The van der Waals surface area contributed by atoms with E-state index in [1.807, 2.05) is 0 Å². The first kappa shape index (κ1) is 12.5. The third kappa shape index (κ3) is 2.65. The number of benzene rings is 2. The van der Waals surface area contributed by atoms with Gasteiger partial charge in [0.1, 0.15) is 0 Å². The van der Waals surface area contributed by atoms with Crippen molar-refractivity contribution in [2.75, 3.05) is 0 Å². The fourth-order valence-corrected chi connectivity index (χ4v) is 1.51. The van der Waals surface area contributed by atoms with Crippen molar-refractivity contribution < 1.29 is 18.6 Å². The van der Waals surface area contributed by atoms with Gasteiger partial charge in [0.15, 0.2) is 23.1 Å². The third-order valence-electron chi connectivity index (χ3n) is 2.49. The highest BCUT2D eigenvalue weighted by molar-refractivity contribution is 5.35. The summed E-state index contributed by atoms with van der Waals surface area (Å²) >= 11 is 0. The summed E-state index contributed by atoms with van der Waals surface area (Å²) in [6.45, 7) is 1.53. The molecule has 0 amide bonds. The average molecular weight is 250 g/mol. The number of aliphatic hydroxyl groups is 1. The van der Waals surface area contributed by atoms with Crippen LogP contribution in [0, 0.1) is 11.6 Å². The van der Waals surface area contributed by atoms with Gasteiger partial charge in [-0.15, -0.1) is 0 Å². The predicted molar refractivity (Wildman–Crippen MR) is 63.5 cm³/mol. The lowest BCUT2D eigenvalue weighted by Crippen LogP contribution is -1.95. The first-order valence-electron chi connectivity index (χ1n) is 5.48. The summed E-state index contributed by atoms with van der Waals surface area (Å²) in [6, 6.07) is 9.83. The molecule has 0 bridgehead atoms. The van der Waals surface area contributed by atoms with Crippen LogP contribution in [0.25, 0.3) is 0 Å². The molecule has 0 heterocycles. The molecule has 18 heavy (non-hydrogen) atoms. The number of rotatable bonds is 3. The normalized spacial score (nSPS) is 12.2. The molecule has 0 aliphatic heterocycles. The standard InChI is InChI=1S/C14H12F2O2/c1-9(17)10-6-7-14(12(16)8-10)18-13-5-3-2-4-11(13)15/h2-9,17H,1H3/t9-/m1/s1. The molecular weight excluding hydrogens is 238 g/mol. The molecule has 2 aromatic rings. The summed E-state index contributed by atoms with van der Waals surface area (Å²) in [6.07, 6.45) is -0.762. The monoisotopic (exact) mass is 250 g/mol. The van der Waals surface area contributed by atoms with Crippen LogP contribution in [-0.2, 0) is 0 Å². The van der Waals surface area contributed by atoms with E-state index in [4.69, 9.17) is 4.74 Å². The largest absolute Gasteiger partial charge is 0.451 e. The summed E-state index contributed by atoms with van der Waals surface area (Å²) in [5.74, 6) is -1.32. The van der Waals surface area contributed by atoms with Crippen molar-refractivity contribution in [3.63, 3.8) is 0 Å². The molecule has 0 saturated carbocycles. The van der Waals surface area contributed by atoms with Gasteiger partial charge in [-0.1, -0.05) is 18.2 Å². The van der Waals surface area contributed by atoms with Crippen molar-refractivity contribution >= 4 is 0 Å². The number of hydrogen-bond acceptors (Lipinski definition) is 2. The maximum atomic E-state index is 13.7. The molecule has 2 rings (SSSR count). The Morgan fingerprint density at radius 2 is 1.67 bits per heavy atom. The van der Waals surface area contributed by atoms with Crippen molar-refractivity contribution in [3.05, 3.63) is 59.7 Å². The number of halogens is 2. The van der Waals surface area contributed by atoms with Crippen molar-refractivity contribution in [1.29, 1.82) is 0 Å². The minimum Gasteiger partial charge on any atom is -0.451 e. The molecule has 0 aromatic heterocycles. The zero-order chi connectivity index (χ0) is 13.1. The fourth-order valence-electron chi connectivity index (χ4n) is 1.51. The van der Waals surface area contributed by atoms with Crippen molar-refractivity contribution in [2.45, 2.75) is 13.0 Å². The van der Waals surface area contributed by atoms with Gasteiger partial charge < -0.3 is 9.84 Å². The molecule has 0 radical (unpaired) electrons. The molecule has 0 aliphatic carbocycles. The first-order chi connectivity index (χ1) is 8.58. The fraction of sp³-hybridized carbons (Fsp3) is 0.143. The highest BCUT2D eigenvalue weighted by atomic mass is 19.1. The molecule has 0 fully saturated rings. The van der Waals surface area contributed by atoms with Crippen LogP contribution in [0.1, 0.15) is 18.6 Å². The number of para-hydroxylation sites is 1. The van der Waals surface area contributed by atoms with Crippen molar-refractivity contribution in [2.24, 2.45) is 0 Å². The van der Waals surface area contributed by atoms with Crippen molar-refractivity contribution in [1.82, 2.24) is 0 Å². The zero-order valence-corrected chi connectivity index (χ0v) is 9.73. The molecule has 0 saturated heterocycles. The van der Waals surface area contributed by atoms with E-state index in [-0.39, 0.29) is 11.5 Å². The smallest absolute Gasteiger partial charge is 0.166 e. The molecule has 0 aliphatic rings. The van der Waals surface area contributed by atoms with Gasteiger partial charge in [0.25, 0.3) is 0 Å². The lowest BCUT2D eigenvalue weighted by molar-refractivity contribution is 0.198. The van der Waals surface area contributed by atoms with Crippen LogP contribution < -0.4 is 4.74 Å². The topological polar surface area (TPSA) is 29.5 Å². The molecule has 0 unspecified atom stereocenters. The van der Waals surface area contributed by atoms with Gasteiger partial charge in [0.05, 0.1) is 6.10 Å². The van der Waals surface area contributed by atoms with Crippen molar-refractivity contribution in [3.8, 4) is 11.5 Å². The summed E-state index contributed by atoms with van der Waals surface area (Å²) in [4.78, 5) is 0. The molecule has 2 aromatic carbocycles. The van der Waals surface area contributed by atoms with Crippen LogP contribution in [0.15, 0.2) is 42.5 Å². The number of aliphatic hydroxyl groups excluding tert-OH is 1. The molecular formula is C14H12F2O2. The van der Waals surface area contributed by atoms with E-state index in [1.165, 1.54) is 43.3 Å². The highest BCUT2D eigenvalue weighted by Gasteiger charge is 2.10. The van der Waals surface area contributed by atoms with E-state index >= 15 is 0 Å². The summed E-state index contributed by atoms with van der Waals surface area (Å²) in [5.41, 5.74) is 0.438. The van der Waals surface area contributed by atoms with E-state index in [1.54, 1.807) is 6.07 Å². The van der Waals surface area contributed by atoms with Gasteiger partial charge in [-0.25, -0.2) is 8.78 Å². The Labute approximate surface area is 103 Å². The molecule has 94 valence electrons. The SMILES string of the molecule is C[C@@H](O)c1ccc(Oc2ccccc2F)c(F)c1. The minimum absolute atomic E-state index is 0.0406. The van der Waals surface area contributed by atoms with Gasteiger partial charge >= 0.3 is 0 Å². The van der Waals surface area contributed by atoms with E-state index in [2.05, 4.69) is 0 Å². The van der Waals surface area contributed by atoms with E-state index < -0.39 is 17.7 Å². The van der Waals surface area contributed by atoms with Gasteiger partial charge in [-0.3, -0.25) is 0 Å². The second-order valence-electron chi connectivity index (χ2n) is 3.90. The Kier molecular flexibility index (Phi) is 3.58. The van der Waals surface area contributed by atoms with Crippen LogP contribution in [0.4, 0.5) is 8.78 Å². The quantitative estimate of drug-likeness (QED) is 0.897. The minimum atomic E-state index is -0.762. The molecule has 0 spiro atoms. The maximum Gasteiger partial charge on any atom is 0.166 e. The Hall–Kier alpha value is -1.94. The summed E-state index contributed by atoms with van der Waals surface area (Å²) in [7, 11) is 0. The first-order valence-corrected chi connectivity index (χ1v) is 5.48. The van der Waals surface area contributed by atoms with Crippen LogP contribution in [0.2, 0.25) is 0 Å². The van der Waals surface area contributed by atoms with E-state index in [9.17, 15) is 13.9 Å². The summed E-state index contributed by atoms with van der Waals surface area (Å²) < 4.78 is 32.1. The predicted octanol–water partition coefficient (Wildman–Crippen LogP) is 3.81. The summed E-state index contributed by atoms with van der Waals surface area (Å²) in [5, 5.41) is 9.31. The van der Waals surface area contributed by atoms with Crippen LogP contribution in [0.5, 0.6) is 11.5 Å². The van der Waals surface area contributed by atoms with E-state index in [0.29, 0.717) is 5.56 Å². The molecule has 1 atom stereocenters. The molecule has 1 N–H and O–H groups in total. The third-order valence-corrected chi connectivity index (χ3v) is 2.49. The van der Waals surface area contributed by atoms with Crippen LogP contribution in [-0.4, -0.2) is 5.11 Å². The van der Waals surface area contributed by atoms with Gasteiger partial charge in [-0.2, -0.15) is 0 Å². The average Bonchev–Trinajstić information content (AvgIpc) is 2.34.